The summed E-state index contributed by atoms with van der Waals surface area (Å²) < 4.78 is 5.45. The molecular formula is C20H21NO3. The molecule has 1 heterocycles. The van der Waals surface area contributed by atoms with Crippen LogP contribution >= 0.6 is 0 Å². The molecule has 1 aliphatic heterocycles. The van der Waals surface area contributed by atoms with E-state index in [2.05, 4.69) is 11.4 Å². The number of aryl methyl sites for hydroxylation is 2. The molecule has 0 aromatic heterocycles. The van der Waals surface area contributed by atoms with Crippen molar-refractivity contribution in [2.24, 2.45) is 0 Å². The molecule has 4 heteroatoms. The van der Waals surface area contributed by atoms with Crippen molar-refractivity contribution in [1.82, 2.24) is 5.32 Å². The number of rotatable bonds is 3. The lowest BCUT2D eigenvalue weighted by atomic mass is 9.89. The molecule has 1 unspecified atom stereocenters. The van der Waals surface area contributed by atoms with E-state index in [1.165, 1.54) is 5.56 Å². The third-order valence-electron chi connectivity index (χ3n) is 4.50. The average molecular weight is 323 g/mol. The third kappa shape index (κ3) is 3.04. The van der Waals surface area contributed by atoms with Gasteiger partial charge in [-0.25, -0.2) is 4.79 Å². The van der Waals surface area contributed by atoms with Crippen LogP contribution in [0.15, 0.2) is 42.5 Å². The summed E-state index contributed by atoms with van der Waals surface area (Å²) in [6.07, 6.45) is 0.383. The first-order valence-electron chi connectivity index (χ1n) is 8.05. The summed E-state index contributed by atoms with van der Waals surface area (Å²) in [6.45, 7) is 6.14. The number of nitrogens with one attached hydrogen (secondary N) is 1. The highest BCUT2D eigenvalue weighted by Crippen LogP contribution is 2.28. The predicted molar refractivity (Wildman–Crippen MR) is 91.7 cm³/mol. The van der Waals surface area contributed by atoms with Crippen LogP contribution in [0.5, 0.6) is 0 Å². The van der Waals surface area contributed by atoms with Gasteiger partial charge in [0.15, 0.2) is 5.60 Å². The van der Waals surface area contributed by atoms with E-state index >= 15 is 0 Å². The highest BCUT2D eigenvalue weighted by molar-refractivity contribution is 5.97. The van der Waals surface area contributed by atoms with Crippen LogP contribution in [-0.2, 0) is 22.5 Å². The summed E-state index contributed by atoms with van der Waals surface area (Å²) in [5.41, 5.74) is 3.58. The smallest absolute Gasteiger partial charge is 0.339 e. The number of fused-ring (bicyclic) bond motifs is 1. The minimum absolute atomic E-state index is 0.273. The minimum atomic E-state index is -1.18. The molecule has 0 saturated heterocycles. The second-order valence-electron chi connectivity index (χ2n) is 6.57. The maximum Gasteiger partial charge on any atom is 0.339 e. The van der Waals surface area contributed by atoms with Gasteiger partial charge in [0.05, 0.1) is 5.56 Å². The number of amides is 1. The fourth-order valence-corrected chi connectivity index (χ4v) is 3.07. The summed E-state index contributed by atoms with van der Waals surface area (Å²) in [5, 5.41) is 2.90. The number of benzene rings is 2. The lowest BCUT2D eigenvalue weighted by Gasteiger charge is -2.33. The lowest BCUT2D eigenvalue weighted by molar-refractivity contribution is -0.139. The van der Waals surface area contributed by atoms with Crippen LogP contribution in [0, 0.1) is 13.8 Å². The summed E-state index contributed by atoms with van der Waals surface area (Å²) in [4.78, 5) is 24.8. The van der Waals surface area contributed by atoms with Gasteiger partial charge < -0.3 is 10.1 Å². The molecule has 2 aromatic carbocycles. The molecule has 4 nitrogen and oxygen atoms in total. The van der Waals surface area contributed by atoms with Gasteiger partial charge in [-0.2, -0.15) is 0 Å². The average Bonchev–Trinajstić information content (AvgIpc) is 2.53. The van der Waals surface area contributed by atoms with Crippen LogP contribution < -0.4 is 5.32 Å². The van der Waals surface area contributed by atoms with E-state index in [0.717, 1.165) is 16.7 Å². The minimum Gasteiger partial charge on any atom is -0.445 e. The zero-order valence-electron chi connectivity index (χ0n) is 14.2. The fraction of sp³-hybridized carbons (Fsp3) is 0.300. The molecule has 0 saturated carbocycles. The van der Waals surface area contributed by atoms with E-state index in [9.17, 15) is 9.59 Å². The second-order valence-corrected chi connectivity index (χ2v) is 6.57. The Labute approximate surface area is 141 Å². The van der Waals surface area contributed by atoms with Crippen LogP contribution in [0.1, 0.15) is 39.5 Å². The molecular weight excluding hydrogens is 302 g/mol. The van der Waals surface area contributed by atoms with E-state index in [1.807, 2.05) is 38.1 Å². The van der Waals surface area contributed by atoms with Crippen molar-refractivity contribution in [2.45, 2.75) is 39.3 Å². The molecule has 0 aliphatic carbocycles. The van der Waals surface area contributed by atoms with E-state index in [-0.39, 0.29) is 5.91 Å². The Hall–Kier alpha value is -2.62. The Morgan fingerprint density at radius 3 is 2.71 bits per heavy atom. The standard InChI is InChI=1S/C20H21NO3/c1-13-8-9-16(14(2)10-13)12-21-19(23)20(3)11-15-6-4-5-7-17(15)18(22)24-20/h4-10H,11-12H2,1-3H3,(H,21,23). The largest absolute Gasteiger partial charge is 0.445 e. The molecule has 0 spiro atoms. The Morgan fingerprint density at radius 2 is 1.96 bits per heavy atom. The maximum absolute atomic E-state index is 12.6. The summed E-state index contributed by atoms with van der Waals surface area (Å²) >= 11 is 0. The lowest BCUT2D eigenvalue weighted by Crippen LogP contribution is -2.51. The number of hydrogen-bond acceptors (Lipinski definition) is 3. The van der Waals surface area contributed by atoms with Gasteiger partial charge in [-0.15, -0.1) is 0 Å². The van der Waals surface area contributed by atoms with Crippen molar-refractivity contribution in [3.05, 3.63) is 70.3 Å². The Balaban J connectivity index is 1.74. The monoisotopic (exact) mass is 323 g/mol. The quantitative estimate of drug-likeness (QED) is 0.883. The van der Waals surface area contributed by atoms with Crippen molar-refractivity contribution in [3.8, 4) is 0 Å². The SMILES string of the molecule is Cc1ccc(CNC(=O)C2(C)Cc3ccccc3C(=O)O2)c(C)c1. The van der Waals surface area contributed by atoms with Crippen molar-refractivity contribution in [3.63, 3.8) is 0 Å². The van der Waals surface area contributed by atoms with E-state index in [1.54, 1.807) is 19.1 Å². The number of carbonyl (C=O) groups excluding carboxylic acids is 2. The fourth-order valence-electron chi connectivity index (χ4n) is 3.07. The summed E-state index contributed by atoms with van der Waals surface area (Å²) in [5.74, 6) is -0.716. The first-order valence-corrected chi connectivity index (χ1v) is 8.05. The van der Waals surface area contributed by atoms with Crippen molar-refractivity contribution >= 4 is 11.9 Å². The molecule has 0 fully saturated rings. The van der Waals surface area contributed by atoms with Crippen LogP contribution in [0.25, 0.3) is 0 Å². The van der Waals surface area contributed by atoms with Gasteiger partial charge in [0.1, 0.15) is 0 Å². The molecule has 1 atom stereocenters. The molecule has 2 aromatic rings. The van der Waals surface area contributed by atoms with Gasteiger partial charge >= 0.3 is 5.97 Å². The number of ether oxygens (including phenoxy) is 1. The van der Waals surface area contributed by atoms with Gasteiger partial charge in [0.25, 0.3) is 5.91 Å². The zero-order chi connectivity index (χ0) is 17.3. The van der Waals surface area contributed by atoms with E-state index in [4.69, 9.17) is 4.74 Å². The number of carbonyl (C=O) groups is 2. The first-order chi connectivity index (χ1) is 11.4. The number of esters is 1. The molecule has 24 heavy (non-hydrogen) atoms. The predicted octanol–water partition coefficient (Wildman–Crippen LogP) is 3.09. The molecule has 124 valence electrons. The highest BCUT2D eigenvalue weighted by Gasteiger charge is 2.42. The van der Waals surface area contributed by atoms with Gasteiger partial charge in [0, 0.05) is 13.0 Å². The molecule has 1 aliphatic rings. The van der Waals surface area contributed by atoms with Crippen molar-refractivity contribution in [1.29, 1.82) is 0 Å². The van der Waals surface area contributed by atoms with Gasteiger partial charge in [0.2, 0.25) is 0 Å². The molecule has 0 radical (unpaired) electrons. The Kier molecular flexibility index (Phi) is 4.14. The van der Waals surface area contributed by atoms with Crippen molar-refractivity contribution in [2.75, 3.05) is 0 Å². The number of cyclic esters (lactones) is 1. The zero-order valence-corrected chi connectivity index (χ0v) is 14.2. The van der Waals surface area contributed by atoms with Crippen molar-refractivity contribution < 1.29 is 14.3 Å². The van der Waals surface area contributed by atoms with Crippen LogP contribution in [0.4, 0.5) is 0 Å². The van der Waals surface area contributed by atoms with Crippen LogP contribution in [0.2, 0.25) is 0 Å². The second kappa shape index (κ2) is 6.11. The normalized spacial score (nSPS) is 19.4. The Bertz CT molecular complexity index is 812. The van der Waals surface area contributed by atoms with E-state index in [0.29, 0.717) is 18.5 Å². The molecule has 0 bridgehead atoms. The van der Waals surface area contributed by atoms with Gasteiger partial charge in [-0.05, 0) is 43.5 Å². The highest BCUT2D eigenvalue weighted by atomic mass is 16.6. The Morgan fingerprint density at radius 1 is 1.21 bits per heavy atom. The maximum atomic E-state index is 12.6. The first kappa shape index (κ1) is 16.2. The van der Waals surface area contributed by atoms with Crippen LogP contribution in [0.3, 0.4) is 0 Å². The van der Waals surface area contributed by atoms with E-state index < -0.39 is 11.6 Å². The summed E-state index contributed by atoms with van der Waals surface area (Å²) in [7, 11) is 0. The molecule has 1 N–H and O–H groups in total. The topological polar surface area (TPSA) is 55.4 Å². The number of hydrogen-bond donors (Lipinski definition) is 1. The van der Waals surface area contributed by atoms with Crippen LogP contribution in [-0.4, -0.2) is 17.5 Å². The third-order valence-corrected chi connectivity index (χ3v) is 4.50. The molecule has 3 rings (SSSR count). The summed E-state index contributed by atoms with van der Waals surface area (Å²) in [6, 6.07) is 13.4. The van der Waals surface area contributed by atoms with Gasteiger partial charge in [-0.3, -0.25) is 4.79 Å². The van der Waals surface area contributed by atoms with Gasteiger partial charge in [-0.1, -0.05) is 42.0 Å². The molecule has 1 amide bonds.